The summed E-state index contributed by atoms with van der Waals surface area (Å²) in [5, 5.41) is 20.3. The second kappa shape index (κ2) is 9.20. The van der Waals surface area contributed by atoms with Crippen molar-refractivity contribution in [1.82, 2.24) is 9.80 Å². The summed E-state index contributed by atoms with van der Waals surface area (Å²) in [7, 11) is -2.84. The number of carboxylic acid groups (broad SMARTS) is 1. The van der Waals surface area contributed by atoms with Gasteiger partial charge in [0.15, 0.2) is 15.4 Å². The number of hydrogen-bond acceptors (Lipinski definition) is 7. The number of hydrogen-bond donors (Lipinski definition) is 2. The smallest absolute Gasteiger partial charge is 0.336 e. The van der Waals surface area contributed by atoms with Gasteiger partial charge in [0.25, 0.3) is 5.91 Å². The van der Waals surface area contributed by atoms with Crippen molar-refractivity contribution in [2.75, 3.05) is 19.3 Å². The molecule has 1 fully saturated rings. The number of carbonyl (C=O) groups is 3. The SMILES string of the molecule is CC(CC(O)(CS(=O)(=O)c1ccc(Oc2ccccc2)cc1)C(=O)O)N1C(=O)CN(C)C1=O. The minimum absolute atomic E-state index is 0.176. The molecule has 0 spiro atoms. The van der Waals surface area contributed by atoms with Crippen molar-refractivity contribution in [3.8, 4) is 11.5 Å². The molecule has 0 aromatic heterocycles. The fourth-order valence-corrected chi connectivity index (χ4v) is 5.18. The molecule has 2 N–H and O–H groups in total. The molecule has 1 saturated heterocycles. The van der Waals surface area contributed by atoms with Crippen LogP contribution in [0.5, 0.6) is 11.5 Å². The molecule has 2 atom stereocenters. The molecule has 2 aromatic rings. The van der Waals surface area contributed by atoms with Crippen LogP contribution in [0.15, 0.2) is 59.5 Å². The molecule has 10 nitrogen and oxygen atoms in total. The van der Waals surface area contributed by atoms with E-state index in [0.29, 0.717) is 11.5 Å². The maximum absolute atomic E-state index is 12.9. The van der Waals surface area contributed by atoms with Crippen LogP contribution in [0.1, 0.15) is 13.3 Å². The topological polar surface area (TPSA) is 142 Å². The molecule has 0 radical (unpaired) electrons. The predicted molar refractivity (Wildman–Crippen MR) is 117 cm³/mol. The van der Waals surface area contributed by atoms with E-state index in [4.69, 9.17) is 4.74 Å². The summed E-state index contributed by atoms with van der Waals surface area (Å²) in [4.78, 5) is 37.8. The van der Waals surface area contributed by atoms with Crippen molar-refractivity contribution in [3.05, 3.63) is 54.6 Å². The Morgan fingerprint density at radius 3 is 2.18 bits per heavy atom. The second-order valence-corrected chi connectivity index (χ2v) is 9.93. The van der Waals surface area contributed by atoms with Crippen molar-refractivity contribution in [3.63, 3.8) is 0 Å². The summed E-state index contributed by atoms with van der Waals surface area (Å²) in [6.07, 6.45) is -0.651. The van der Waals surface area contributed by atoms with Crippen LogP contribution in [0.2, 0.25) is 0 Å². The number of imide groups is 1. The standard InChI is InChI=1S/C22H24N2O8S/c1-15(24-19(25)13-23(2)21(24)28)12-22(29,20(26)27)14-33(30,31)18-10-8-17(9-11-18)32-16-6-4-3-5-7-16/h3-11,15,29H,12-14H2,1-2H3,(H,26,27). The molecule has 1 heterocycles. The Hall–Kier alpha value is -3.44. The van der Waals surface area contributed by atoms with Crippen LogP contribution in [-0.2, 0) is 19.4 Å². The number of para-hydroxylation sites is 1. The number of likely N-dealkylation sites (N-methyl/N-ethyl adjacent to an activating group) is 1. The van der Waals surface area contributed by atoms with E-state index in [-0.39, 0.29) is 11.4 Å². The van der Waals surface area contributed by atoms with Gasteiger partial charge in [-0.3, -0.25) is 9.69 Å². The van der Waals surface area contributed by atoms with Gasteiger partial charge in [0, 0.05) is 19.5 Å². The van der Waals surface area contributed by atoms with Gasteiger partial charge in [0.05, 0.1) is 10.6 Å². The van der Waals surface area contributed by atoms with Gasteiger partial charge in [-0.1, -0.05) is 18.2 Å². The van der Waals surface area contributed by atoms with Crippen LogP contribution in [0.25, 0.3) is 0 Å². The lowest BCUT2D eigenvalue weighted by Gasteiger charge is -2.30. The van der Waals surface area contributed by atoms with E-state index < -0.39 is 51.6 Å². The first-order valence-corrected chi connectivity index (χ1v) is 11.7. The molecule has 33 heavy (non-hydrogen) atoms. The third-order valence-corrected chi connectivity index (χ3v) is 7.08. The summed E-state index contributed by atoms with van der Waals surface area (Å²) < 4.78 is 31.4. The molecule has 2 unspecified atom stereocenters. The number of benzene rings is 2. The third-order valence-electron chi connectivity index (χ3n) is 5.24. The molecule has 3 amide bonds. The number of aliphatic hydroxyl groups is 1. The van der Waals surface area contributed by atoms with Gasteiger partial charge in [-0.15, -0.1) is 0 Å². The molecular formula is C22H24N2O8S. The lowest BCUT2D eigenvalue weighted by atomic mass is 9.97. The molecule has 0 aliphatic carbocycles. The van der Waals surface area contributed by atoms with E-state index in [1.807, 2.05) is 6.07 Å². The fraction of sp³-hybridized carbons (Fsp3) is 0.318. The number of rotatable bonds is 9. The van der Waals surface area contributed by atoms with Crippen molar-refractivity contribution < 1.29 is 37.8 Å². The Balaban J connectivity index is 1.77. The number of ether oxygens (including phenoxy) is 1. The Kier molecular flexibility index (Phi) is 6.75. The van der Waals surface area contributed by atoms with Crippen LogP contribution < -0.4 is 4.74 Å². The lowest BCUT2D eigenvalue weighted by molar-refractivity contribution is -0.158. The van der Waals surface area contributed by atoms with Crippen molar-refractivity contribution in [1.29, 1.82) is 0 Å². The average Bonchev–Trinajstić information content (AvgIpc) is 3.00. The summed E-state index contributed by atoms with van der Waals surface area (Å²) >= 11 is 0. The highest BCUT2D eigenvalue weighted by Gasteiger charge is 2.46. The van der Waals surface area contributed by atoms with Crippen LogP contribution in [0.3, 0.4) is 0 Å². The minimum atomic E-state index is -4.24. The van der Waals surface area contributed by atoms with E-state index >= 15 is 0 Å². The molecule has 1 aliphatic heterocycles. The maximum Gasteiger partial charge on any atom is 0.336 e. The highest BCUT2D eigenvalue weighted by atomic mass is 32.2. The highest BCUT2D eigenvalue weighted by molar-refractivity contribution is 7.91. The number of carboxylic acids is 1. The van der Waals surface area contributed by atoms with Crippen LogP contribution in [-0.4, -0.2) is 77.3 Å². The zero-order chi connectivity index (χ0) is 24.4. The summed E-state index contributed by atoms with van der Waals surface area (Å²) in [6, 6.07) is 12.5. The van der Waals surface area contributed by atoms with E-state index in [9.17, 15) is 33.0 Å². The van der Waals surface area contributed by atoms with Gasteiger partial charge in [0.2, 0.25) is 0 Å². The first kappa shape index (κ1) is 24.2. The van der Waals surface area contributed by atoms with Gasteiger partial charge in [-0.05, 0) is 43.3 Å². The predicted octanol–water partition coefficient (Wildman–Crippen LogP) is 1.74. The van der Waals surface area contributed by atoms with E-state index in [0.717, 1.165) is 9.80 Å². The molecule has 0 bridgehead atoms. The molecule has 2 aromatic carbocycles. The molecule has 11 heteroatoms. The molecule has 0 saturated carbocycles. The Bertz CT molecular complexity index is 1150. The third kappa shape index (κ3) is 5.32. The first-order chi connectivity index (χ1) is 15.4. The fourth-order valence-electron chi connectivity index (χ4n) is 3.60. The first-order valence-electron chi connectivity index (χ1n) is 10.0. The Morgan fingerprint density at radius 1 is 1.09 bits per heavy atom. The van der Waals surface area contributed by atoms with E-state index in [2.05, 4.69) is 0 Å². The number of carbonyl (C=O) groups excluding carboxylic acids is 2. The Morgan fingerprint density at radius 2 is 1.67 bits per heavy atom. The quantitative estimate of drug-likeness (QED) is 0.521. The van der Waals surface area contributed by atoms with Crippen molar-refractivity contribution >= 4 is 27.7 Å². The molecule has 3 rings (SSSR count). The summed E-state index contributed by atoms with van der Waals surface area (Å²) in [6.45, 7) is 1.20. The minimum Gasteiger partial charge on any atom is -0.479 e. The lowest BCUT2D eigenvalue weighted by Crippen LogP contribution is -2.51. The molecule has 1 aliphatic rings. The number of nitrogens with zero attached hydrogens (tertiary/aromatic N) is 2. The zero-order valence-electron chi connectivity index (χ0n) is 18.0. The maximum atomic E-state index is 12.9. The van der Waals surface area contributed by atoms with Gasteiger partial charge in [-0.2, -0.15) is 0 Å². The highest BCUT2D eigenvalue weighted by Crippen LogP contribution is 2.27. The second-order valence-electron chi connectivity index (χ2n) is 7.94. The molecular weight excluding hydrogens is 452 g/mol. The Labute approximate surface area is 190 Å². The normalized spacial score (nSPS) is 17.1. The van der Waals surface area contributed by atoms with Crippen molar-refractivity contribution in [2.45, 2.75) is 29.9 Å². The summed E-state index contributed by atoms with van der Waals surface area (Å²) in [5.74, 6) is -2.53. The summed E-state index contributed by atoms with van der Waals surface area (Å²) in [5.41, 5.74) is -2.72. The van der Waals surface area contributed by atoms with Crippen LogP contribution in [0, 0.1) is 0 Å². The number of sulfone groups is 1. The van der Waals surface area contributed by atoms with Gasteiger partial charge >= 0.3 is 12.0 Å². The van der Waals surface area contributed by atoms with Gasteiger partial charge < -0.3 is 19.8 Å². The van der Waals surface area contributed by atoms with E-state index in [1.54, 1.807) is 24.3 Å². The van der Waals surface area contributed by atoms with Gasteiger partial charge in [0.1, 0.15) is 18.0 Å². The average molecular weight is 477 g/mol. The van der Waals surface area contributed by atoms with Crippen LogP contribution >= 0.6 is 0 Å². The zero-order valence-corrected chi connectivity index (χ0v) is 18.9. The van der Waals surface area contributed by atoms with E-state index in [1.165, 1.54) is 38.2 Å². The largest absolute Gasteiger partial charge is 0.479 e. The van der Waals surface area contributed by atoms with Crippen LogP contribution in [0.4, 0.5) is 4.79 Å². The van der Waals surface area contributed by atoms with Gasteiger partial charge in [-0.25, -0.2) is 18.0 Å². The number of aliphatic carboxylic acids is 1. The number of urea groups is 1. The van der Waals surface area contributed by atoms with Crippen molar-refractivity contribution in [2.24, 2.45) is 0 Å². The molecule has 176 valence electrons. The monoisotopic (exact) mass is 476 g/mol. The number of amides is 3.